The molecule has 0 saturated carbocycles. The van der Waals surface area contributed by atoms with Crippen molar-refractivity contribution >= 4 is 8.80 Å². The van der Waals surface area contributed by atoms with E-state index >= 15 is 0 Å². The Morgan fingerprint density at radius 3 is 1.84 bits per heavy atom. The van der Waals surface area contributed by atoms with Crippen molar-refractivity contribution in [1.29, 1.82) is 0 Å². The molecule has 0 spiro atoms. The number of pyridine rings is 1. The van der Waals surface area contributed by atoms with Crippen molar-refractivity contribution in [2.75, 3.05) is 19.8 Å². The van der Waals surface area contributed by atoms with Crippen molar-refractivity contribution in [3.63, 3.8) is 0 Å². The second kappa shape index (κ2) is 9.20. The molecule has 0 fully saturated rings. The lowest BCUT2D eigenvalue weighted by Gasteiger charge is -2.28. The topological polar surface area (TPSA) is 31.6 Å². The van der Waals surface area contributed by atoms with Gasteiger partial charge in [0.1, 0.15) is 6.54 Å². The molecule has 108 valence electrons. The van der Waals surface area contributed by atoms with E-state index in [4.69, 9.17) is 13.3 Å². The van der Waals surface area contributed by atoms with Crippen molar-refractivity contribution in [1.82, 2.24) is 0 Å². The van der Waals surface area contributed by atoms with Crippen LogP contribution in [0.2, 0.25) is 6.04 Å². The van der Waals surface area contributed by atoms with Gasteiger partial charge >= 0.3 is 8.80 Å². The molecule has 1 heterocycles. The lowest BCUT2D eigenvalue weighted by atomic mass is 10.4. The lowest BCUT2D eigenvalue weighted by Crippen LogP contribution is -2.46. The van der Waals surface area contributed by atoms with E-state index in [9.17, 15) is 0 Å². The third-order valence-corrected chi connectivity index (χ3v) is 5.92. The first-order valence-corrected chi connectivity index (χ1v) is 9.05. The van der Waals surface area contributed by atoms with Crippen LogP contribution in [0.5, 0.6) is 0 Å². The van der Waals surface area contributed by atoms with Gasteiger partial charge in [0.25, 0.3) is 0 Å². The molecule has 0 aliphatic rings. The third-order valence-electron chi connectivity index (χ3n) is 2.77. The highest BCUT2D eigenvalue weighted by molar-refractivity contribution is 6.60. The smallest absolute Gasteiger partial charge is 0.374 e. The molecule has 0 unspecified atom stereocenters. The van der Waals surface area contributed by atoms with Crippen molar-refractivity contribution in [3.8, 4) is 0 Å². The summed E-state index contributed by atoms with van der Waals surface area (Å²) in [4.78, 5) is 0. The Morgan fingerprint density at radius 2 is 1.37 bits per heavy atom. The maximum absolute atomic E-state index is 5.83. The predicted molar refractivity (Wildman–Crippen MR) is 76.7 cm³/mol. The molecule has 5 heteroatoms. The quantitative estimate of drug-likeness (QED) is 0.488. The molecule has 0 aromatic carbocycles. The van der Waals surface area contributed by atoms with Crippen LogP contribution < -0.4 is 4.57 Å². The number of aryl methyl sites for hydroxylation is 1. The minimum atomic E-state index is -2.46. The van der Waals surface area contributed by atoms with Crippen LogP contribution in [0.25, 0.3) is 0 Å². The normalized spacial score (nSPS) is 11.7. The fraction of sp³-hybridized carbons (Fsp3) is 0.643. The highest BCUT2D eigenvalue weighted by Gasteiger charge is 2.40. The van der Waals surface area contributed by atoms with Gasteiger partial charge < -0.3 is 13.3 Å². The zero-order valence-corrected chi connectivity index (χ0v) is 13.3. The average Bonchev–Trinajstić information content (AvgIpc) is 2.41. The number of hydrogen-bond donors (Lipinski definition) is 0. The number of nitrogens with zero attached hydrogens (tertiary/aromatic N) is 1. The van der Waals surface area contributed by atoms with Gasteiger partial charge in [0.05, 0.1) is 0 Å². The summed E-state index contributed by atoms with van der Waals surface area (Å²) in [5, 5.41) is 0. The molecular weight excluding hydrogens is 258 g/mol. The van der Waals surface area contributed by atoms with E-state index in [0.717, 1.165) is 19.0 Å². The highest BCUT2D eigenvalue weighted by atomic mass is 28.4. The van der Waals surface area contributed by atoms with E-state index < -0.39 is 8.80 Å². The molecule has 0 aliphatic heterocycles. The van der Waals surface area contributed by atoms with Crippen LogP contribution in [-0.2, 0) is 19.8 Å². The number of rotatable bonds is 10. The van der Waals surface area contributed by atoms with Crippen molar-refractivity contribution in [2.45, 2.75) is 39.8 Å². The van der Waals surface area contributed by atoms with Gasteiger partial charge in [-0.3, -0.25) is 0 Å². The van der Waals surface area contributed by atoms with Crippen LogP contribution in [0.3, 0.4) is 0 Å². The minimum Gasteiger partial charge on any atom is -0.374 e. The fourth-order valence-electron chi connectivity index (χ4n) is 2.06. The van der Waals surface area contributed by atoms with E-state index in [1.165, 1.54) is 0 Å². The summed E-state index contributed by atoms with van der Waals surface area (Å²) in [7, 11) is -2.46. The molecule has 1 rings (SSSR count). The molecule has 0 radical (unpaired) electrons. The Balaban J connectivity index is 2.51. The Kier molecular flexibility index (Phi) is 7.89. The SMILES string of the molecule is CCO[Si](CCC[n+]1ccccc1)(OCC)OCC. The lowest BCUT2D eigenvalue weighted by molar-refractivity contribution is -0.697. The monoisotopic (exact) mass is 284 g/mol. The Hall–Kier alpha value is -0.753. The van der Waals surface area contributed by atoms with Gasteiger partial charge in [0.2, 0.25) is 0 Å². The predicted octanol–water partition coefficient (Wildman–Crippen LogP) is 2.41. The molecule has 1 aromatic rings. The third kappa shape index (κ3) is 5.82. The zero-order chi connectivity index (χ0) is 14.0. The van der Waals surface area contributed by atoms with Crippen LogP contribution in [0.4, 0.5) is 0 Å². The molecule has 4 nitrogen and oxygen atoms in total. The number of hydrogen-bond acceptors (Lipinski definition) is 3. The summed E-state index contributed by atoms with van der Waals surface area (Å²) in [6, 6.07) is 6.97. The van der Waals surface area contributed by atoms with Gasteiger partial charge in [-0.1, -0.05) is 6.07 Å². The molecule has 1 aromatic heterocycles. The summed E-state index contributed by atoms with van der Waals surface area (Å²) in [6.07, 6.45) is 5.15. The van der Waals surface area contributed by atoms with E-state index in [1.54, 1.807) is 0 Å². The largest absolute Gasteiger partial charge is 0.501 e. The standard InChI is InChI=1S/C14H26NO3Si/c1-4-16-19(17-5-2,18-6-3)14-10-13-15-11-8-7-9-12-15/h7-9,11-12H,4-6,10,13-14H2,1-3H3/q+1. The van der Waals surface area contributed by atoms with Gasteiger partial charge in [-0.25, -0.2) is 4.57 Å². The van der Waals surface area contributed by atoms with Gasteiger partial charge in [-0.2, -0.15) is 0 Å². The van der Waals surface area contributed by atoms with Crippen molar-refractivity contribution in [2.24, 2.45) is 0 Å². The molecule has 0 N–H and O–H groups in total. The summed E-state index contributed by atoms with van der Waals surface area (Å²) >= 11 is 0. The van der Waals surface area contributed by atoms with Crippen LogP contribution in [0, 0.1) is 0 Å². The Bertz CT molecular complexity index is 318. The van der Waals surface area contributed by atoms with E-state index in [2.05, 4.69) is 17.0 Å². The maximum atomic E-state index is 5.83. The second-order valence-electron chi connectivity index (χ2n) is 4.20. The minimum absolute atomic E-state index is 0.644. The van der Waals surface area contributed by atoms with Gasteiger partial charge in [-0.05, 0) is 20.8 Å². The summed E-state index contributed by atoms with van der Waals surface area (Å²) < 4.78 is 19.7. The van der Waals surface area contributed by atoms with Crippen LogP contribution in [-0.4, -0.2) is 28.6 Å². The maximum Gasteiger partial charge on any atom is 0.501 e. The van der Waals surface area contributed by atoms with Crippen LogP contribution in [0.15, 0.2) is 30.6 Å². The van der Waals surface area contributed by atoms with Crippen molar-refractivity contribution < 1.29 is 17.8 Å². The Morgan fingerprint density at radius 1 is 0.842 bits per heavy atom. The van der Waals surface area contributed by atoms with Crippen molar-refractivity contribution in [3.05, 3.63) is 30.6 Å². The molecule has 19 heavy (non-hydrogen) atoms. The van der Waals surface area contributed by atoms with Crippen LogP contribution >= 0.6 is 0 Å². The number of aromatic nitrogens is 1. The summed E-state index contributed by atoms with van der Waals surface area (Å²) in [6.45, 7) is 8.87. The fourth-order valence-corrected chi connectivity index (χ4v) is 4.66. The van der Waals surface area contributed by atoms with E-state index in [0.29, 0.717) is 19.8 Å². The van der Waals surface area contributed by atoms with E-state index in [1.807, 2.05) is 39.0 Å². The molecule has 0 bridgehead atoms. The summed E-state index contributed by atoms with van der Waals surface area (Å²) in [5.41, 5.74) is 0. The second-order valence-corrected chi connectivity index (χ2v) is 6.93. The molecular formula is C14H26NO3Si+. The van der Waals surface area contributed by atoms with Gasteiger partial charge in [-0.15, -0.1) is 0 Å². The van der Waals surface area contributed by atoms with Gasteiger partial charge in [0, 0.05) is 44.4 Å². The zero-order valence-electron chi connectivity index (χ0n) is 12.3. The first-order valence-electron chi connectivity index (χ1n) is 7.12. The molecule has 0 aliphatic carbocycles. The van der Waals surface area contributed by atoms with E-state index in [-0.39, 0.29) is 0 Å². The Labute approximate surface area is 117 Å². The first-order chi connectivity index (χ1) is 9.26. The molecule has 0 saturated heterocycles. The first kappa shape index (κ1) is 16.3. The highest BCUT2D eigenvalue weighted by Crippen LogP contribution is 2.18. The molecule has 0 atom stereocenters. The average molecular weight is 284 g/mol. The summed E-state index contributed by atoms with van der Waals surface area (Å²) in [5.74, 6) is 0. The van der Waals surface area contributed by atoms with Crippen LogP contribution in [0.1, 0.15) is 27.2 Å². The molecule has 0 amide bonds. The van der Waals surface area contributed by atoms with Gasteiger partial charge in [0.15, 0.2) is 12.4 Å².